The van der Waals surface area contributed by atoms with Crippen LogP contribution in [0.5, 0.6) is 0 Å². The quantitative estimate of drug-likeness (QED) is 0.854. The molecule has 0 aliphatic rings. The van der Waals surface area contributed by atoms with Crippen molar-refractivity contribution in [3.05, 3.63) is 35.8 Å². The van der Waals surface area contributed by atoms with Gasteiger partial charge in [-0.25, -0.2) is 4.39 Å². The van der Waals surface area contributed by atoms with Gasteiger partial charge in [-0.05, 0) is 36.6 Å². The lowest BCUT2D eigenvalue weighted by Crippen LogP contribution is -2.21. The predicted octanol–water partition coefficient (Wildman–Crippen LogP) is 3.01. The van der Waals surface area contributed by atoms with Gasteiger partial charge >= 0.3 is 0 Å². The molecule has 1 atom stereocenters. The summed E-state index contributed by atoms with van der Waals surface area (Å²) in [5.41, 5.74) is 7.84. The highest BCUT2D eigenvalue weighted by Crippen LogP contribution is 2.20. The molecule has 2 aromatic rings. The highest BCUT2D eigenvalue weighted by molar-refractivity contribution is 5.85. The Hall–Kier alpha value is -1.06. The van der Waals surface area contributed by atoms with Gasteiger partial charge in [0.15, 0.2) is 0 Å². The minimum Gasteiger partial charge on any atom is -0.361 e. The van der Waals surface area contributed by atoms with Crippen molar-refractivity contribution >= 4 is 23.3 Å². The fourth-order valence-electron chi connectivity index (χ4n) is 1.80. The van der Waals surface area contributed by atoms with Crippen LogP contribution in [0.1, 0.15) is 18.9 Å². The van der Waals surface area contributed by atoms with Crippen LogP contribution in [-0.4, -0.2) is 11.0 Å². The molecule has 1 aromatic heterocycles. The Kier molecular flexibility index (Phi) is 4.33. The summed E-state index contributed by atoms with van der Waals surface area (Å²) in [7, 11) is 0. The first-order chi connectivity index (χ1) is 7.20. The average molecular weight is 243 g/mol. The highest BCUT2D eigenvalue weighted by Gasteiger charge is 2.08. The number of hydrogen-bond donors (Lipinski definition) is 2. The third-order valence-corrected chi connectivity index (χ3v) is 2.71. The van der Waals surface area contributed by atoms with Crippen molar-refractivity contribution in [3.63, 3.8) is 0 Å². The van der Waals surface area contributed by atoms with Crippen molar-refractivity contribution in [1.29, 1.82) is 0 Å². The van der Waals surface area contributed by atoms with Gasteiger partial charge in [0.2, 0.25) is 0 Å². The maximum Gasteiger partial charge on any atom is 0.124 e. The second-order valence-corrected chi connectivity index (χ2v) is 3.88. The Morgan fingerprint density at radius 2 is 2.19 bits per heavy atom. The van der Waals surface area contributed by atoms with E-state index in [-0.39, 0.29) is 24.3 Å². The van der Waals surface area contributed by atoms with Crippen molar-refractivity contribution in [2.24, 2.45) is 5.73 Å². The van der Waals surface area contributed by atoms with E-state index in [4.69, 9.17) is 5.73 Å². The summed E-state index contributed by atoms with van der Waals surface area (Å²) in [5.74, 6) is -0.194. The van der Waals surface area contributed by atoms with Gasteiger partial charge in [-0.2, -0.15) is 0 Å². The van der Waals surface area contributed by atoms with Crippen molar-refractivity contribution < 1.29 is 4.39 Å². The molecule has 4 heteroatoms. The molecule has 0 aliphatic heterocycles. The van der Waals surface area contributed by atoms with Gasteiger partial charge in [0.05, 0.1) is 0 Å². The van der Waals surface area contributed by atoms with Crippen LogP contribution >= 0.6 is 12.4 Å². The summed E-state index contributed by atoms with van der Waals surface area (Å²) in [5, 5.41) is 0.910. The lowest BCUT2D eigenvalue weighted by Gasteiger charge is -2.09. The molecule has 1 aromatic carbocycles. The smallest absolute Gasteiger partial charge is 0.124 e. The summed E-state index contributed by atoms with van der Waals surface area (Å²) in [6.45, 7) is 2.04. The first-order valence-electron chi connectivity index (χ1n) is 5.21. The zero-order valence-corrected chi connectivity index (χ0v) is 9.98. The van der Waals surface area contributed by atoms with Crippen molar-refractivity contribution in [2.75, 3.05) is 0 Å². The van der Waals surface area contributed by atoms with Gasteiger partial charge in [0, 0.05) is 23.1 Å². The monoisotopic (exact) mass is 242 g/mol. The largest absolute Gasteiger partial charge is 0.361 e. The summed E-state index contributed by atoms with van der Waals surface area (Å²) >= 11 is 0. The fraction of sp³-hybridized carbons (Fsp3) is 0.333. The van der Waals surface area contributed by atoms with Crippen LogP contribution in [0.15, 0.2) is 24.4 Å². The number of nitrogens with two attached hydrogens (primary N) is 1. The highest BCUT2D eigenvalue weighted by atomic mass is 35.5. The second kappa shape index (κ2) is 5.32. The Morgan fingerprint density at radius 3 is 2.88 bits per heavy atom. The number of halogens is 2. The molecule has 0 radical (unpaired) electrons. The molecule has 0 saturated carbocycles. The number of rotatable bonds is 3. The van der Waals surface area contributed by atoms with E-state index >= 15 is 0 Å². The number of aromatic nitrogens is 1. The molecule has 0 amide bonds. The van der Waals surface area contributed by atoms with Gasteiger partial charge in [-0.15, -0.1) is 12.4 Å². The van der Waals surface area contributed by atoms with E-state index < -0.39 is 0 Å². The molecule has 0 spiro atoms. The van der Waals surface area contributed by atoms with Crippen molar-refractivity contribution in [3.8, 4) is 0 Å². The van der Waals surface area contributed by atoms with Crippen LogP contribution in [0.2, 0.25) is 0 Å². The molecule has 1 unspecified atom stereocenters. The minimum atomic E-state index is -0.194. The number of hydrogen-bond acceptors (Lipinski definition) is 1. The summed E-state index contributed by atoms with van der Waals surface area (Å²) in [6.07, 6.45) is 3.44. The SMILES string of the molecule is CCC(N)Cc1cc(F)cc2cc[nH]c12.Cl. The molecular formula is C12H16ClFN2. The van der Waals surface area contributed by atoms with Crippen LogP contribution in [0.3, 0.4) is 0 Å². The van der Waals surface area contributed by atoms with E-state index in [2.05, 4.69) is 4.98 Å². The zero-order chi connectivity index (χ0) is 10.8. The molecule has 2 nitrogen and oxygen atoms in total. The summed E-state index contributed by atoms with van der Waals surface area (Å²) < 4.78 is 13.3. The van der Waals surface area contributed by atoms with Crippen LogP contribution < -0.4 is 5.73 Å². The minimum absolute atomic E-state index is 0. The molecule has 88 valence electrons. The third kappa shape index (κ3) is 2.54. The first kappa shape index (κ1) is 13.0. The lowest BCUT2D eigenvalue weighted by molar-refractivity contribution is 0.617. The second-order valence-electron chi connectivity index (χ2n) is 3.88. The Labute approximate surface area is 100 Å². The third-order valence-electron chi connectivity index (χ3n) is 2.71. The average Bonchev–Trinajstić information content (AvgIpc) is 2.65. The van der Waals surface area contributed by atoms with Gasteiger partial charge < -0.3 is 10.7 Å². The molecule has 0 bridgehead atoms. The predicted molar refractivity (Wildman–Crippen MR) is 67.5 cm³/mol. The molecular weight excluding hydrogens is 227 g/mol. The van der Waals surface area contributed by atoms with Gasteiger partial charge in [-0.3, -0.25) is 0 Å². The van der Waals surface area contributed by atoms with E-state index in [0.717, 1.165) is 22.9 Å². The van der Waals surface area contributed by atoms with Crippen LogP contribution in [0, 0.1) is 5.82 Å². The van der Waals surface area contributed by atoms with Gasteiger partial charge in [0.25, 0.3) is 0 Å². The van der Waals surface area contributed by atoms with Gasteiger partial charge in [-0.1, -0.05) is 6.92 Å². The molecule has 0 fully saturated rings. The maximum atomic E-state index is 13.3. The van der Waals surface area contributed by atoms with E-state index in [9.17, 15) is 4.39 Å². The fourth-order valence-corrected chi connectivity index (χ4v) is 1.80. The molecule has 0 saturated heterocycles. The van der Waals surface area contributed by atoms with E-state index in [1.54, 1.807) is 6.07 Å². The Bertz CT molecular complexity index is 467. The maximum absolute atomic E-state index is 13.3. The van der Waals surface area contributed by atoms with Crippen molar-refractivity contribution in [1.82, 2.24) is 4.98 Å². The number of H-pyrrole nitrogens is 1. The topological polar surface area (TPSA) is 41.8 Å². The Morgan fingerprint density at radius 1 is 1.44 bits per heavy atom. The molecule has 1 heterocycles. The molecule has 16 heavy (non-hydrogen) atoms. The molecule has 2 rings (SSSR count). The summed E-state index contributed by atoms with van der Waals surface area (Å²) in [4.78, 5) is 3.12. The van der Waals surface area contributed by atoms with Crippen LogP contribution in [-0.2, 0) is 6.42 Å². The van der Waals surface area contributed by atoms with E-state index in [1.165, 1.54) is 6.07 Å². The lowest BCUT2D eigenvalue weighted by atomic mass is 10.0. The molecule has 0 aliphatic carbocycles. The summed E-state index contributed by atoms with van der Waals surface area (Å²) in [6, 6.07) is 5.07. The van der Waals surface area contributed by atoms with Crippen molar-refractivity contribution in [2.45, 2.75) is 25.8 Å². The van der Waals surface area contributed by atoms with E-state index in [0.29, 0.717) is 6.42 Å². The normalized spacial score (nSPS) is 12.4. The van der Waals surface area contributed by atoms with Crippen LogP contribution in [0.25, 0.3) is 10.9 Å². The zero-order valence-electron chi connectivity index (χ0n) is 9.16. The molecule has 3 N–H and O–H groups in total. The van der Waals surface area contributed by atoms with E-state index in [1.807, 2.05) is 19.2 Å². The number of nitrogens with one attached hydrogen (secondary N) is 1. The number of benzene rings is 1. The first-order valence-corrected chi connectivity index (χ1v) is 5.21. The Balaban J connectivity index is 0.00000128. The number of fused-ring (bicyclic) bond motifs is 1. The standard InChI is InChI=1S/C12H15FN2.ClH/c1-2-11(14)7-9-6-10(13)5-8-3-4-15-12(8)9;/h3-6,11,15H,2,7,14H2,1H3;1H. The van der Waals surface area contributed by atoms with Crippen LogP contribution in [0.4, 0.5) is 4.39 Å². The van der Waals surface area contributed by atoms with Gasteiger partial charge in [0.1, 0.15) is 5.82 Å². The number of aromatic amines is 1.